The van der Waals surface area contributed by atoms with Crippen molar-refractivity contribution in [1.29, 1.82) is 0 Å². The minimum Gasteiger partial charge on any atom is -0.336 e. The molecule has 1 saturated heterocycles. The summed E-state index contributed by atoms with van der Waals surface area (Å²) in [4.78, 5) is 32.9. The number of halogens is 6. The minimum absolute atomic E-state index is 0.00526. The van der Waals surface area contributed by atoms with Crippen LogP contribution in [0.4, 0.5) is 26.3 Å². The number of carbonyl (C=O) groups is 1. The van der Waals surface area contributed by atoms with Gasteiger partial charge >= 0.3 is 12.4 Å². The van der Waals surface area contributed by atoms with Crippen LogP contribution in [0.3, 0.4) is 0 Å². The lowest BCUT2D eigenvalue weighted by molar-refractivity contribution is -0.143. The third kappa shape index (κ3) is 5.03. The molecule has 0 N–H and O–H groups in total. The van der Waals surface area contributed by atoms with Crippen LogP contribution in [0.15, 0.2) is 40.6 Å². The van der Waals surface area contributed by atoms with Gasteiger partial charge in [0.1, 0.15) is 0 Å². The molecule has 33 heavy (non-hydrogen) atoms. The van der Waals surface area contributed by atoms with E-state index in [-0.39, 0.29) is 24.7 Å². The van der Waals surface area contributed by atoms with Crippen LogP contribution in [0.25, 0.3) is 4.96 Å². The van der Waals surface area contributed by atoms with Crippen molar-refractivity contribution in [1.82, 2.24) is 19.2 Å². The van der Waals surface area contributed by atoms with Gasteiger partial charge in [-0.1, -0.05) is 0 Å². The van der Waals surface area contributed by atoms with Crippen LogP contribution in [0.2, 0.25) is 0 Å². The molecular weight excluding hydrogens is 474 g/mol. The number of hydrogen-bond acceptors (Lipinski definition) is 5. The lowest BCUT2D eigenvalue weighted by Gasteiger charge is -2.34. The molecule has 0 spiro atoms. The van der Waals surface area contributed by atoms with E-state index in [9.17, 15) is 35.9 Å². The Bertz CT molecular complexity index is 1210. The number of piperazine rings is 1. The highest BCUT2D eigenvalue weighted by atomic mass is 32.1. The Morgan fingerprint density at radius 2 is 1.55 bits per heavy atom. The normalized spacial score (nSPS) is 15.9. The fourth-order valence-corrected chi connectivity index (χ4v) is 4.31. The van der Waals surface area contributed by atoms with Crippen LogP contribution in [-0.4, -0.2) is 51.3 Å². The highest BCUT2D eigenvalue weighted by Gasteiger charge is 2.38. The average Bonchev–Trinajstić information content (AvgIpc) is 3.21. The van der Waals surface area contributed by atoms with Crippen LogP contribution in [0.1, 0.15) is 27.2 Å². The molecule has 176 valence electrons. The number of nitrogens with zero attached hydrogens (tertiary/aromatic N) is 4. The summed E-state index contributed by atoms with van der Waals surface area (Å²) in [5.74, 6) is -0.900. The second kappa shape index (κ2) is 8.45. The summed E-state index contributed by atoms with van der Waals surface area (Å²) in [6.07, 6.45) is -8.43. The molecule has 3 heterocycles. The van der Waals surface area contributed by atoms with Crippen molar-refractivity contribution in [2.45, 2.75) is 18.9 Å². The van der Waals surface area contributed by atoms with E-state index in [2.05, 4.69) is 4.98 Å². The largest absolute Gasteiger partial charge is 0.416 e. The second-order valence-electron chi connectivity index (χ2n) is 7.50. The fourth-order valence-electron chi connectivity index (χ4n) is 3.57. The molecule has 1 fully saturated rings. The predicted octanol–water partition coefficient (Wildman–Crippen LogP) is 3.75. The molecule has 1 aliphatic heterocycles. The molecule has 6 nitrogen and oxygen atoms in total. The summed E-state index contributed by atoms with van der Waals surface area (Å²) in [6.45, 7) is 1.19. The molecular formula is C20H16F6N4O2S. The van der Waals surface area contributed by atoms with Crippen molar-refractivity contribution >= 4 is 22.2 Å². The van der Waals surface area contributed by atoms with Gasteiger partial charge in [0.05, 0.1) is 16.8 Å². The number of alkyl halides is 6. The molecule has 0 atom stereocenters. The Morgan fingerprint density at radius 3 is 2.12 bits per heavy atom. The summed E-state index contributed by atoms with van der Waals surface area (Å²) < 4.78 is 79.9. The van der Waals surface area contributed by atoms with E-state index in [1.54, 1.807) is 11.6 Å². The Hall–Kier alpha value is -2.93. The molecule has 0 aliphatic carbocycles. The van der Waals surface area contributed by atoms with Crippen molar-refractivity contribution in [3.63, 3.8) is 0 Å². The summed E-state index contributed by atoms with van der Waals surface area (Å²) >= 11 is 1.31. The second-order valence-corrected chi connectivity index (χ2v) is 8.38. The zero-order valence-corrected chi connectivity index (χ0v) is 17.6. The van der Waals surface area contributed by atoms with Gasteiger partial charge < -0.3 is 4.90 Å². The van der Waals surface area contributed by atoms with Crippen LogP contribution < -0.4 is 5.56 Å². The SMILES string of the molecule is O=C(c1cc(C(F)(F)F)cc(C(F)(F)F)c1)N1CCN(Cc2cc(=O)n3ccsc3n2)CC1. The third-order valence-corrected chi connectivity index (χ3v) is 5.99. The minimum atomic E-state index is -5.02. The zero-order chi connectivity index (χ0) is 24.0. The molecule has 1 aliphatic rings. The van der Waals surface area contributed by atoms with Crippen LogP contribution in [-0.2, 0) is 18.9 Å². The lowest BCUT2D eigenvalue weighted by atomic mass is 10.0. The Morgan fingerprint density at radius 1 is 0.939 bits per heavy atom. The molecule has 0 radical (unpaired) electrons. The van der Waals surface area contributed by atoms with Gasteiger partial charge in [0.25, 0.3) is 11.5 Å². The van der Waals surface area contributed by atoms with E-state index >= 15 is 0 Å². The number of amides is 1. The maximum absolute atomic E-state index is 13.1. The van der Waals surface area contributed by atoms with Gasteiger partial charge in [-0.05, 0) is 18.2 Å². The van der Waals surface area contributed by atoms with E-state index < -0.39 is 35.0 Å². The van der Waals surface area contributed by atoms with Gasteiger partial charge in [-0.25, -0.2) is 4.98 Å². The summed E-state index contributed by atoms with van der Waals surface area (Å²) in [5, 5.41) is 1.73. The van der Waals surface area contributed by atoms with Gasteiger partial charge in [-0.15, -0.1) is 11.3 Å². The van der Waals surface area contributed by atoms with E-state index in [1.807, 2.05) is 4.90 Å². The van der Waals surface area contributed by atoms with E-state index in [4.69, 9.17) is 0 Å². The van der Waals surface area contributed by atoms with Crippen molar-refractivity contribution in [3.8, 4) is 0 Å². The highest BCUT2D eigenvalue weighted by molar-refractivity contribution is 7.15. The molecule has 4 rings (SSSR count). The maximum atomic E-state index is 13.1. The lowest BCUT2D eigenvalue weighted by Crippen LogP contribution is -2.48. The van der Waals surface area contributed by atoms with Crippen LogP contribution in [0, 0.1) is 0 Å². The number of benzene rings is 1. The molecule has 1 aromatic carbocycles. The van der Waals surface area contributed by atoms with Gasteiger partial charge in [-0.3, -0.25) is 18.9 Å². The molecule has 2 aromatic heterocycles. The van der Waals surface area contributed by atoms with E-state index in [0.29, 0.717) is 42.4 Å². The van der Waals surface area contributed by atoms with Crippen molar-refractivity contribution in [2.24, 2.45) is 0 Å². The molecule has 13 heteroatoms. The number of rotatable bonds is 3. The first-order valence-corrected chi connectivity index (χ1v) is 10.6. The van der Waals surface area contributed by atoms with Crippen molar-refractivity contribution < 1.29 is 31.1 Å². The first-order chi connectivity index (χ1) is 15.4. The topological polar surface area (TPSA) is 57.9 Å². The van der Waals surface area contributed by atoms with Gasteiger partial charge in [0.15, 0.2) is 4.96 Å². The Labute approximate surface area is 186 Å². The highest BCUT2D eigenvalue weighted by Crippen LogP contribution is 2.36. The van der Waals surface area contributed by atoms with Crippen LogP contribution in [0.5, 0.6) is 0 Å². The monoisotopic (exact) mass is 490 g/mol. The first kappa shape index (κ1) is 23.2. The standard InChI is InChI=1S/C20H16F6N4O2S/c21-19(22,23)13-7-12(8-14(9-13)20(24,25)26)17(32)29-3-1-28(2-4-29)11-15-10-16(31)30-5-6-33-18(30)27-15/h5-10H,1-4,11H2. The van der Waals surface area contributed by atoms with Crippen molar-refractivity contribution in [3.05, 3.63) is 68.6 Å². The Kier molecular flexibility index (Phi) is 5.95. The predicted molar refractivity (Wildman–Crippen MR) is 107 cm³/mol. The van der Waals surface area contributed by atoms with Crippen molar-refractivity contribution in [2.75, 3.05) is 26.2 Å². The van der Waals surface area contributed by atoms with Gasteiger partial charge in [0.2, 0.25) is 0 Å². The molecule has 3 aromatic rings. The van der Waals surface area contributed by atoms with Crippen LogP contribution >= 0.6 is 11.3 Å². The number of hydrogen-bond donors (Lipinski definition) is 0. The third-order valence-electron chi connectivity index (χ3n) is 5.24. The summed E-state index contributed by atoms with van der Waals surface area (Å²) in [5.41, 5.74) is -3.41. The number of thiazole rings is 1. The Balaban J connectivity index is 1.47. The summed E-state index contributed by atoms with van der Waals surface area (Å²) in [6, 6.07) is 2.28. The molecule has 1 amide bonds. The summed E-state index contributed by atoms with van der Waals surface area (Å²) in [7, 11) is 0. The van der Waals surface area contributed by atoms with Gasteiger partial charge in [-0.2, -0.15) is 26.3 Å². The zero-order valence-electron chi connectivity index (χ0n) is 16.8. The van der Waals surface area contributed by atoms with E-state index in [0.717, 1.165) is 0 Å². The smallest absolute Gasteiger partial charge is 0.336 e. The average molecular weight is 490 g/mol. The quantitative estimate of drug-likeness (QED) is 0.525. The van der Waals surface area contributed by atoms with Gasteiger partial charge in [0, 0.05) is 55.9 Å². The molecule has 0 bridgehead atoms. The molecule has 0 unspecified atom stereocenters. The number of fused-ring (bicyclic) bond motifs is 1. The van der Waals surface area contributed by atoms with E-state index in [1.165, 1.54) is 26.7 Å². The molecule has 0 saturated carbocycles. The first-order valence-electron chi connectivity index (χ1n) is 9.69. The number of aromatic nitrogens is 2. The maximum Gasteiger partial charge on any atom is 0.416 e. The fraction of sp³-hybridized carbons (Fsp3) is 0.350. The number of carbonyl (C=O) groups excluding carboxylic acids is 1.